The maximum atomic E-state index is 13.6. The molecule has 1 N–H and O–H groups in total. The predicted molar refractivity (Wildman–Crippen MR) is 125 cm³/mol. The molecule has 3 aromatic carbocycles. The topological polar surface area (TPSA) is 75.7 Å². The zero-order valence-corrected chi connectivity index (χ0v) is 19.1. The maximum absolute atomic E-state index is 13.6. The summed E-state index contributed by atoms with van der Waals surface area (Å²) in [6.07, 6.45) is 1.81. The zero-order chi connectivity index (χ0) is 23.5. The quantitative estimate of drug-likeness (QED) is 0.394. The Morgan fingerprint density at radius 1 is 1.03 bits per heavy atom. The summed E-state index contributed by atoms with van der Waals surface area (Å²) in [7, 11) is 1.50. The summed E-state index contributed by atoms with van der Waals surface area (Å²) in [6, 6.07) is 17.2. The van der Waals surface area contributed by atoms with Gasteiger partial charge in [0.25, 0.3) is 11.8 Å². The SMILES string of the molecule is COc1cc(/C=C2\C(=O)NC(=O)N(c3ccccc3)C2=O)cc(Br)c1Cc1cccc(F)c1. The molecule has 0 radical (unpaired) electrons. The smallest absolute Gasteiger partial charge is 0.335 e. The maximum Gasteiger partial charge on any atom is 0.335 e. The van der Waals surface area contributed by atoms with Crippen LogP contribution in [0, 0.1) is 5.82 Å². The first-order valence-corrected chi connectivity index (χ1v) is 10.7. The Morgan fingerprint density at radius 2 is 1.79 bits per heavy atom. The van der Waals surface area contributed by atoms with E-state index in [2.05, 4.69) is 21.2 Å². The van der Waals surface area contributed by atoms with Gasteiger partial charge in [0.2, 0.25) is 0 Å². The highest BCUT2D eigenvalue weighted by atomic mass is 79.9. The van der Waals surface area contributed by atoms with Crippen LogP contribution >= 0.6 is 15.9 Å². The van der Waals surface area contributed by atoms with Crippen molar-refractivity contribution in [1.29, 1.82) is 0 Å². The Balaban J connectivity index is 1.70. The van der Waals surface area contributed by atoms with Gasteiger partial charge in [-0.2, -0.15) is 0 Å². The summed E-state index contributed by atoms with van der Waals surface area (Å²) in [4.78, 5) is 38.7. The van der Waals surface area contributed by atoms with Crippen molar-refractivity contribution >= 4 is 45.5 Å². The normalized spacial score (nSPS) is 15.1. The third kappa shape index (κ3) is 4.70. The molecule has 0 spiro atoms. The van der Waals surface area contributed by atoms with Gasteiger partial charge in [-0.05, 0) is 53.6 Å². The van der Waals surface area contributed by atoms with Gasteiger partial charge in [-0.15, -0.1) is 0 Å². The van der Waals surface area contributed by atoms with Crippen molar-refractivity contribution < 1.29 is 23.5 Å². The number of barbiturate groups is 1. The van der Waals surface area contributed by atoms with Crippen LogP contribution in [0.15, 0.2) is 76.8 Å². The average molecular weight is 509 g/mol. The first-order valence-electron chi connectivity index (χ1n) is 9.94. The minimum absolute atomic E-state index is 0.190. The third-order valence-electron chi connectivity index (χ3n) is 5.09. The molecule has 1 aliphatic heterocycles. The molecule has 1 fully saturated rings. The lowest BCUT2D eigenvalue weighted by Crippen LogP contribution is -2.54. The molecule has 1 saturated heterocycles. The van der Waals surface area contributed by atoms with Crippen LogP contribution in [-0.4, -0.2) is 25.0 Å². The summed E-state index contributed by atoms with van der Waals surface area (Å²) < 4.78 is 19.8. The van der Waals surface area contributed by atoms with E-state index in [1.165, 1.54) is 25.3 Å². The molecule has 0 atom stereocenters. The van der Waals surface area contributed by atoms with Crippen molar-refractivity contribution in [2.75, 3.05) is 12.0 Å². The number of halogens is 2. The fourth-order valence-electron chi connectivity index (χ4n) is 3.56. The molecule has 166 valence electrons. The van der Waals surface area contributed by atoms with Crippen LogP contribution in [0.5, 0.6) is 5.75 Å². The second kappa shape index (κ2) is 9.38. The molecular weight excluding hydrogens is 491 g/mol. The molecule has 0 bridgehead atoms. The van der Waals surface area contributed by atoms with Crippen molar-refractivity contribution in [2.24, 2.45) is 0 Å². The number of amides is 4. The van der Waals surface area contributed by atoms with E-state index in [4.69, 9.17) is 4.74 Å². The van der Waals surface area contributed by atoms with Gasteiger partial charge in [0.05, 0.1) is 12.8 Å². The van der Waals surface area contributed by atoms with Gasteiger partial charge in [0.15, 0.2) is 0 Å². The fraction of sp³-hybridized carbons (Fsp3) is 0.0800. The van der Waals surface area contributed by atoms with E-state index < -0.39 is 17.8 Å². The lowest BCUT2D eigenvalue weighted by molar-refractivity contribution is -0.122. The molecule has 6 nitrogen and oxygen atoms in total. The summed E-state index contributed by atoms with van der Waals surface area (Å²) in [6.45, 7) is 0. The molecule has 0 unspecified atom stereocenters. The number of carbonyl (C=O) groups excluding carboxylic acids is 3. The number of para-hydroxylation sites is 1. The fourth-order valence-corrected chi connectivity index (χ4v) is 4.15. The summed E-state index contributed by atoms with van der Waals surface area (Å²) in [5.41, 5.74) is 2.22. The number of nitrogens with zero attached hydrogens (tertiary/aromatic N) is 1. The van der Waals surface area contributed by atoms with Crippen LogP contribution in [-0.2, 0) is 16.0 Å². The number of hydrogen-bond donors (Lipinski definition) is 1. The zero-order valence-electron chi connectivity index (χ0n) is 17.5. The molecule has 3 aromatic rings. The number of hydrogen-bond acceptors (Lipinski definition) is 4. The lowest BCUT2D eigenvalue weighted by Gasteiger charge is -2.26. The van der Waals surface area contributed by atoms with Gasteiger partial charge in [0.1, 0.15) is 17.1 Å². The van der Waals surface area contributed by atoms with Crippen molar-refractivity contribution in [2.45, 2.75) is 6.42 Å². The van der Waals surface area contributed by atoms with Crippen LogP contribution in [0.1, 0.15) is 16.7 Å². The number of ether oxygens (including phenoxy) is 1. The predicted octanol–water partition coefficient (Wildman–Crippen LogP) is 4.85. The monoisotopic (exact) mass is 508 g/mol. The van der Waals surface area contributed by atoms with E-state index in [9.17, 15) is 18.8 Å². The molecule has 4 rings (SSSR count). The summed E-state index contributed by atoms with van der Waals surface area (Å²) >= 11 is 3.51. The lowest BCUT2D eigenvalue weighted by atomic mass is 10.0. The minimum atomic E-state index is -0.808. The van der Waals surface area contributed by atoms with E-state index in [-0.39, 0.29) is 11.4 Å². The van der Waals surface area contributed by atoms with Crippen LogP contribution in [0.2, 0.25) is 0 Å². The largest absolute Gasteiger partial charge is 0.496 e. The Labute approximate surface area is 197 Å². The highest BCUT2D eigenvalue weighted by Crippen LogP contribution is 2.32. The van der Waals surface area contributed by atoms with Crippen LogP contribution in [0.3, 0.4) is 0 Å². The minimum Gasteiger partial charge on any atom is -0.496 e. The number of rotatable bonds is 5. The molecular formula is C25H18BrFN2O4. The Hall–Kier alpha value is -3.78. The number of carbonyl (C=O) groups is 3. The first-order chi connectivity index (χ1) is 15.9. The van der Waals surface area contributed by atoms with Gasteiger partial charge < -0.3 is 4.74 Å². The summed E-state index contributed by atoms with van der Waals surface area (Å²) in [5.74, 6) is -1.34. The van der Waals surface area contributed by atoms with E-state index >= 15 is 0 Å². The number of benzene rings is 3. The second-order valence-electron chi connectivity index (χ2n) is 7.28. The standard InChI is InChI=1S/C25H18BrFN2O4/c1-33-22-14-16(13-21(26)19(22)11-15-6-5-7-17(27)10-15)12-20-23(30)28-25(32)29(24(20)31)18-8-3-2-4-9-18/h2-10,12-14H,11H2,1H3,(H,28,30,32)/b20-12+. The average Bonchev–Trinajstić information content (AvgIpc) is 2.79. The Bertz CT molecular complexity index is 1290. The van der Waals surface area contributed by atoms with Crippen LogP contribution in [0.25, 0.3) is 6.08 Å². The molecule has 4 amide bonds. The van der Waals surface area contributed by atoms with Crippen molar-refractivity contribution in [3.8, 4) is 5.75 Å². The van der Waals surface area contributed by atoms with Crippen molar-refractivity contribution in [3.63, 3.8) is 0 Å². The van der Waals surface area contributed by atoms with Gasteiger partial charge in [0, 0.05) is 16.5 Å². The third-order valence-corrected chi connectivity index (χ3v) is 5.80. The Morgan fingerprint density at radius 3 is 2.48 bits per heavy atom. The molecule has 1 heterocycles. The van der Waals surface area contributed by atoms with E-state index in [0.717, 1.165) is 16.0 Å². The van der Waals surface area contributed by atoms with Crippen molar-refractivity contribution in [1.82, 2.24) is 5.32 Å². The van der Waals surface area contributed by atoms with Gasteiger partial charge in [-0.3, -0.25) is 14.9 Å². The Kier molecular flexibility index (Phi) is 6.37. The highest BCUT2D eigenvalue weighted by Gasteiger charge is 2.36. The van der Waals surface area contributed by atoms with Crippen molar-refractivity contribution in [3.05, 3.63) is 99.3 Å². The van der Waals surface area contributed by atoms with E-state index in [0.29, 0.717) is 27.9 Å². The molecule has 1 aliphatic rings. The number of anilines is 1. The molecule has 0 saturated carbocycles. The van der Waals surface area contributed by atoms with Crippen LogP contribution < -0.4 is 15.0 Å². The van der Waals surface area contributed by atoms with Gasteiger partial charge in [-0.1, -0.05) is 46.3 Å². The second-order valence-corrected chi connectivity index (χ2v) is 8.14. The number of methoxy groups -OCH3 is 1. The highest BCUT2D eigenvalue weighted by molar-refractivity contribution is 9.10. The number of nitrogens with one attached hydrogen (secondary N) is 1. The molecule has 8 heteroatoms. The van der Waals surface area contributed by atoms with Gasteiger partial charge in [-0.25, -0.2) is 14.1 Å². The molecule has 33 heavy (non-hydrogen) atoms. The molecule has 0 aromatic heterocycles. The summed E-state index contributed by atoms with van der Waals surface area (Å²) in [5, 5.41) is 2.20. The number of imide groups is 2. The first kappa shape index (κ1) is 22.4. The van der Waals surface area contributed by atoms with Gasteiger partial charge >= 0.3 is 6.03 Å². The molecule has 0 aliphatic carbocycles. The van der Waals surface area contributed by atoms with E-state index in [1.54, 1.807) is 48.5 Å². The van der Waals surface area contributed by atoms with E-state index in [1.807, 2.05) is 6.07 Å². The van der Waals surface area contributed by atoms with Crippen LogP contribution in [0.4, 0.5) is 14.9 Å². The number of urea groups is 1.